The van der Waals surface area contributed by atoms with Gasteiger partial charge in [-0.15, -0.1) is 0 Å². The summed E-state index contributed by atoms with van der Waals surface area (Å²) in [7, 11) is 9.12. The molecule has 0 radical (unpaired) electrons. The van der Waals surface area contributed by atoms with Crippen molar-refractivity contribution in [2.24, 2.45) is 0 Å². The van der Waals surface area contributed by atoms with Crippen molar-refractivity contribution in [3.8, 4) is 0 Å². The molecule has 3 aromatic rings. The van der Waals surface area contributed by atoms with Crippen LogP contribution in [0.25, 0.3) is 10.1 Å². The number of nitrogens with zero attached hydrogens (tertiary/aromatic N) is 1. The minimum absolute atomic E-state index is 0. The van der Waals surface area contributed by atoms with Gasteiger partial charge in [-0.05, 0) is 74.6 Å². The Hall–Kier alpha value is -0.220. The predicted molar refractivity (Wildman–Crippen MR) is 179 cm³/mol. The third kappa shape index (κ3) is 13.8. The summed E-state index contributed by atoms with van der Waals surface area (Å²) >= 11 is 16.4. The number of carbonyl (C=O) groups excluding carboxylic acids is 1. The van der Waals surface area contributed by atoms with Gasteiger partial charge in [0, 0.05) is 92.3 Å². The Morgan fingerprint density at radius 2 is 1.51 bits per heavy atom. The molecule has 0 aliphatic carbocycles. The number of benzene rings is 2. The number of hydrogen-bond acceptors (Lipinski definition) is 6. The molecule has 0 bridgehead atoms. The Morgan fingerprint density at radius 1 is 0.971 bits per heavy atom. The summed E-state index contributed by atoms with van der Waals surface area (Å²) in [5.41, 5.74) is 9.66. The van der Waals surface area contributed by atoms with E-state index in [4.69, 9.17) is 17.3 Å². The number of Topliss-reactive ketones (excluding diaryl/α,β-unsaturated/α-hetero) is 1. The second-order valence-corrected chi connectivity index (χ2v) is 17.8. The van der Waals surface area contributed by atoms with Crippen molar-refractivity contribution < 1.29 is 9.18 Å². The van der Waals surface area contributed by atoms with E-state index < -0.39 is 0 Å². The largest absolute Gasteiger partial charge is 0.398 e. The SMILES string of the molecule is C.C.C.CC(=O)c1cc(C)c(F)cc1Cl.Cc1cc2c(C)nsc2cc1N.S=S=S=S=S=S=S=S. The summed E-state index contributed by atoms with van der Waals surface area (Å²) in [5, 5.41) is 1.40. The lowest BCUT2D eigenvalue weighted by Crippen LogP contribution is -1.95. The van der Waals surface area contributed by atoms with Gasteiger partial charge in [0.2, 0.25) is 0 Å². The molecule has 0 aliphatic rings. The monoisotopic (exact) mass is 668 g/mol. The molecule has 1 aromatic heterocycles. The van der Waals surface area contributed by atoms with Crippen molar-refractivity contribution in [1.29, 1.82) is 0 Å². The van der Waals surface area contributed by atoms with E-state index >= 15 is 0 Å². The van der Waals surface area contributed by atoms with Gasteiger partial charge in [0.25, 0.3) is 0 Å². The minimum atomic E-state index is -0.384. The molecule has 2 aromatic carbocycles. The predicted octanol–water partition coefficient (Wildman–Crippen LogP) is 7.37. The first-order valence-corrected chi connectivity index (χ1v) is 18.9. The zero-order valence-corrected chi connectivity index (χ0v) is 25.3. The van der Waals surface area contributed by atoms with E-state index in [9.17, 15) is 9.18 Å². The van der Waals surface area contributed by atoms with E-state index in [0.29, 0.717) is 11.1 Å². The number of carbonyl (C=O) groups is 1. The molecule has 0 atom stereocenters. The van der Waals surface area contributed by atoms with Gasteiger partial charge in [0.1, 0.15) is 5.82 Å². The Labute approximate surface area is 244 Å². The van der Waals surface area contributed by atoms with Crippen LogP contribution in [0.15, 0.2) is 24.3 Å². The molecular formula is C21H30ClFN2OS9. The van der Waals surface area contributed by atoms with Gasteiger partial charge in [0.05, 0.1) is 15.4 Å². The fraction of sp³-hybridized carbons (Fsp3) is 0.333. The fourth-order valence-electron chi connectivity index (χ4n) is 2.20. The van der Waals surface area contributed by atoms with Crippen molar-refractivity contribution in [3.63, 3.8) is 0 Å². The van der Waals surface area contributed by atoms with E-state index in [0.717, 1.165) is 23.0 Å². The maximum atomic E-state index is 12.8. The second kappa shape index (κ2) is 20.8. The molecule has 14 heteroatoms. The molecule has 2 N–H and O–H groups in total. The molecule has 35 heavy (non-hydrogen) atoms. The van der Waals surface area contributed by atoms with E-state index in [1.807, 2.05) is 19.9 Å². The molecule has 0 saturated carbocycles. The zero-order valence-electron chi connectivity index (χ0n) is 17.2. The van der Waals surface area contributed by atoms with Crippen LogP contribution in [0.5, 0.6) is 0 Å². The van der Waals surface area contributed by atoms with Gasteiger partial charge >= 0.3 is 0 Å². The van der Waals surface area contributed by atoms with E-state index in [2.05, 4.69) is 32.8 Å². The average molecular weight is 670 g/mol. The third-order valence-electron chi connectivity index (χ3n) is 3.81. The van der Waals surface area contributed by atoms with Crippen LogP contribution in [0.2, 0.25) is 5.02 Å². The Balaban J connectivity index is -0.000000431. The number of nitrogens with two attached hydrogens (primary N) is 1. The van der Waals surface area contributed by atoms with Crippen LogP contribution in [-0.4, -0.2) is 10.2 Å². The number of rotatable bonds is 1. The summed E-state index contributed by atoms with van der Waals surface area (Å²) in [4.78, 5) is 10.9. The Kier molecular flexibility index (Phi) is 23.3. The molecule has 3 nitrogen and oxygen atoms in total. The quantitative estimate of drug-likeness (QED) is 0.217. The number of ketones is 1. The maximum absolute atomic E-state index is 12.8. The van der Waals surface area contributed by atoms with Crippen LogP contribution < -0.4 is 5.73 Å². The number of anilines is 1. The summed E-state index contributed by atoms with van der Waals surface area (Å²) in [6.07, 6.45) is 0. The van der Waals surface area contributed by atoms with Crippen molar-refractivity contribution in [1.82, 2.24) is 4.37 Å². The molecular weight excluding hydrogens is 639 g/mol. The highest BCUT2D eigenvalue weighted by molar-refractivity contribution is 8.70. The highest BCUT2D eigenvalue weighted by Gasteiger charge is 2.08. The van der Waals surface area contributed by atoms with Crippen LogP contribution in [-0.2, 0) is 75.7 Å². The average Bonchev–Trinajstić information content (AvgIpc) is 3.09. The van der Waals surface area contributed by atoms with Crippen LogP contribution in [0.1, 0.15) is 56.4 Å². The summed E-state index contributed by atoms with van der Waals surface area (Å²) in [5.74, 6) is -0.534. The van der Waals surface area contributed by atoms with Crippen molar-refractivity contribution >= 4 is 120 Å². The maximum Gasteiger partial charge on any atom is 0.161 e. The van der Waals surface area contributed by atoms with Gasteiger partial charge in [0.15, 0.2) is 5.78 Å². The smallest absolute Gasteiger partial charge is 0.161 e. The first-order valence-electron chi connectivity index (χ1n) is 8.46. The molecule has 0 aliphatic heterocycles. The molecule has 0 saturated heterocycles. The number of aromatic nitrogens is 1. The first-order chi connectivity index (χ1) is 15.1. The Bertz CT molecular complexity index is 1360. The number of hydrogen-bond donors (Lipinski definition) is 1. The van der Waals surface area contributed by atoms with Gasteiger partial charge < -0.3 is 5.73 Å². The molecule has 0 spiro atoms. The van der Waals surface area contributed by atoms with E-state index in [1.165, 1.54) is 52.4 Å². The van der Waals surface area contributed by atoms with E-state index in [-0.39, 0.29) is 38.9 Å². The normalized spacial score (nSPS) is 8.63. The highest BCUT2D eigenvalue weighted by Crippen LogP contribution is 2.26. The van der Waals surface area contributed by atoms with Crippen molar-refractivity contribution in [2.45, 2.75) is 50.0 Å². The molecule has 1 heterocycles. The lowest BCUT2D eigenvalue weighted by molar-refractivity contribution is 0.101. The highest BCUT2D eigenvalue weighted by atomic mass is 35.5. The standard InChI is InChI=1S/C9H8ClFO.C9H10N2S.3CH4.S8/c1-5-3-7(6(2)12)8(10)4-9(5)11;1-5-3-7-6(2)11-12-9(7)4-8(5)10;;;;1-3-5-7-8-6-4-2/h3-4H,1-2H3;3-4H,10H2,1-2H3;3*1H4;. The second-order valence-electron chi connectivity index (χ2n) is 6.02. The number of aryl methyl sites for hydroxylation is 3. The molecule has 0 unspecified atom stereocenters. The topological polar surface area (TPSA) is 56.0 Å². The van der Waals surface area contributed by atoms with Crippen LogP contribution >= 0.6 is 23.1 Å². The van der Waals surface area contributed by atoms with Crippen LogP contribution in [0.3, 0.4) is 0 Å². The van der Waals surface area contributed by atoms with Crippen LogP contribution in [0, 0.1) is 26.6 Å². The minimum Gasteiger partial charge on any atom is -0.398 e. The summed E-state index contributed by atoms with van der Waals surface area (Å²) < 4.78 is 18.3. The molecule has 0 amide bonds. The Morgan fingerprint density at radius 3 is 2.00 bits per heavy atom. The number of fused-ring (bicyclic) bond motifs is 1. The lowest BCUT2D eigenvalue weighted by atomic mass is 10.1. The first kappa shape index (κ1) is 39.3. The van der Waals surface area contributed by atoms with Gasteiger partial charge in [-0.3, -0.25) is 4.79 Å². The lowest BCUT2D eigenvalue weighted by Gasteiger charge is -2.02. The van der Waals surface area contributed by atoms with Crippen molar-refractivity contribution in [2.75, 3.05) is 5.73 Å². The van der Waals surface area contributed by atoms with Crippen LogP contribution in [0.4, 0.5) is 10.1 Å². The van der Waals surface area contributed by atoms with Gasteiger partial charge in [-0.2, -0.15) is 4.37 Å². The third-order valence-corrected chi connectivity index (χ3v) is 16.1. The van der Waals surface area contributed by atoms with E-state index in [1.54, 1.807) is 42.4 Å². The number of nitrogen functional groups attached to an aromatic ring is 1. The van der Waals surface area contributed by atoms with Gasteiger partial charge in [-0.25, -0.2) is 4.39 Å². The molecule has 3 rings (SSSR count). The fourth-order valence-corrected chi connectivity index (χ4v) is 14.3. The molecule has 0 fully saturated rings. The van der Waals surface area contributed by atoms with Gasteiger partial charge in [-0.1, -0.05) is 33.9 Å². The summed E-state index contributed by atoms with van der Waals surface area (Å²) in [6.45, 7) is 7.04. The molecule has 198 valence electrons. The van der Waals surface area contributed by atoms with Crippen molar-refractivity contribution in [3.05, 3.63) is 57.5 Å². The number of halogens is 2. The summed E-state index contributed by atoms with van der Waals surface area (Å²) in [6, 6.07) is 6.71. The zero-order chi connectivity index (χ0) is 24.3.